The first-order valence-corrected chi connectivity index (χ1v) is 11.6. The van der Waals surface area contributed by atoms with Gasteiger partial charge in [-0.1, -0.05) is 13.0 Å². The van der Waals surface area contributed by atoms with Gasteiger partial charge in [-0.15, -0.1) is 0 Å². The minimum absolute atomic E-state index is 0.0432. The van der Waals surface area contributed by atoms with Gasteiger partial charge in [-0.05, 0) is 57.1 Å². The maximum Gasteiger partial charge on any atom is 0.242 e. The Hall–Kier alpha value is -1.58. The van der Waals surface area contributed by atoms with Crippen LogP contribution in [0.3, 0.4) is 0 Å². The van der Waals surface area contributed by atoms with E-state index in [2.05, 4.69) is 25.7 Å². The third kappa shape index (κ3) is 4.83. The number of aromatic nitrogens is 2. The lowest BCUT2D eigenvalue weighted by Crippen LogP contribution is -2.39. The molecule has 0 spiro atoms. The van der Waals surface area contributed by atoms with Crippen molar-refractivity contribution in [2.24, 2.45) is 11.8 Å². The van der Waals surface area contributed by atoms with Crippen molar-refractivity contribution >= 4 is 38.7 Å². The Morgan fingerprint density at radius 3 is 2.70 bits per heavy atom. The number of nitrogens with one attached hydrogen (secondary N) is 2. The summed E-state index contributed by atoms with van der Waals surface area (Å²) >= 11 is 1.01. The molecule has 3 rings (SSSR count). The Morgan fingerprint density at radius 2 is 2.00 bits per heavy atom. The van der Waals surface area contributed by atoms with E-state index in [4.69, 9.17) is 0 Å². The molecule has 1 saturated carbocycles. The smallest absolute Gasteiger partial charge is 0.242 e. The second-order valence-corrected chi connectivity index (χ2v) is 9.54. The Bertz CT molecular complexity index is 889. The third-order valence-electron chi connectivity index (χ3n) is 5.32. The molecule has 1 heterocycles. The van der Waals surface area contributed by atoms with E-state index in [9.17, 15) is 13.2 Å². The number of amides is 1. The third-order valence-corrected chi connectivity index (χ3v) is 7.32. The van der Waals surface area contributed by atoms with Gasteiger partial charge in [0.25, 0.3) is 0 Å². The minimum atomic E-state index is -3.63. The molecule has 1 aliphatic rings. The maximum absolute atomic E-state index is 12.7. The molecule has 0 aliphatic heterocycles. The summed E-state index contributed by atoms with van der Waals surface area (Å²) in [5, 5.41) is 3.04. The summed E-state index contributed by atoms with van der Waals surface area (Å²) in [6.07, 6.45) is 4.23. The van der Waals surface area contributed by atoms with Crippen molar-refractivity contribution in [3.8, 4) is 0 Å². The molecule has 27 heavy (non-hydrogen) atoms. The van der Waals surface area contributed by atoms with Crippen LogP contribution in [0.25, 0.3) is 11.0 Å². The summed E-state index contributed by atoms with van der Waals surface area (Å²) in [5.41, 5.74) is 1.01. The summed E-state index contributed by atoms with van der Waals surface area (Å²) in [6, 6.07) is 5.19. The van der Waals surface area contributed by atoms with Crippen molar-refractivity contribution in [1.82, 2.24) is 18.8 Å². The Morgan fingerprint density at radius 1 is 1.26 bits per heavy atom. The second kappa shape index (κ2) is 8.62. The van der Waals surface area contributed by atoms with E-state index in [0.29, 0.717) is 17.6 Å². The van der Waals surface area contributed by atoms with Crippen LogP contribution in [0.15, 0.2) is 23.1 Å². The number of fused-ring (bicyclic) bond motifs is 1. The molecule has 9 heteroatoms. The molecule has 0 radical (unpaired) electrons. The highest BCUT2D eigenvalue weighted by Gasteiger charge is 2.28. The van der Waals surface area contributed by atoms with Gasteiger partial charge in [0.15, 0.2) is 0 Å². The fourth-order valence-corrected chi connectivity index (χ4v) is 5.28. The van der Waals surface area contributed by atoms with Crippen molar-refractivity contribution in [1.29, 1.82) is 0 Å². The van der Waals surface area contributed by atoms with E-state index in [1.807, 2.05) is 6.92 Å². The average Bonchev–Trinajstić information content (AvgIpc) is 3.15. The second-order valence-electron chi connectivity index (χ2n) is 7.28. The van der Waals surface area contributed by atoms with Crippen molar-refractivity contribution in [2.45, 2.75) is 56.9 Å². The zero-order valence-electron chi connectivity index (χ0n) is 15.6. The molecule has 1 aliphatic carbocycles. The molecule has 0 unspecified atom stereocenters. The SMILES string of the molecule is CC[C@H](C)NC(=O)C1CCC(CNS(=O)(=O)c2cccc3nsnc23)CC1. The summed E-state index contributed by atoms with van der Waals surface area (Å²) in [6.45, 7) is 4.45. The molecular weight excluding hydrogens is 384 g/mol. The molecule has 1 atom stereocenters. The predicted molar refractivity (Wildman–Crippen MR) is 106 cm³/mol. The quantitative estimate of drug-likeness (QED) is 0.731. The summed E-state index contributed by atoms with van der Waals surface area (Å²) in [7, 11) is -3.63. The van der Waals surface area contributed by atoms with Crippen LogP contribution in [-0.4, -0.2) is 35.7 Å². The Labute approximate surface area is 164 Å². The lowest BCUT2D eigenvalue weighted by atomic mass is 9.81. The van der Waals surface area contributed by atoms with Gasteiger partial charge in [0.1, 0.15) is 15.9 Å². The van der Waals surface area contributed by atoms with Crippen LogP contribution in [-0.2, 0) is 14.8 Å². The van der Waals surface area contributed by atoms with Crippen LogP contribution < -0.4 is 10.0 Å². The molecule has 1 aromatic heterocycles. The number of hydrogen-bond donors (Lipinski definition) is 2. The molecule has 2 N–H and O–H groups in total. The van der Waals surface area contributed by atoms with E-state index in [0.717, 1.165) is 43.8 Å². The van der Waals surface area contributed by atoms with Crippen molar-refractivity contribution < 1.29 is 13.2 Å². The highest BCUT2D eigenvalue weighted by molar-refractivity contribution is 7.89. The van der Waals surface area contributed by atoms with Crippen LogP contribution in [0.4, 0.5) is 0 Å². The first-order valence-electron chi connectivity index (χ1n) is 9.42. The lowest BCUT2D eigenvalue weighted by Gasteiger charge is -2.28. The predicted octanol–water partition coefficient (Wildman–Crippen LogP) is 2.69. The molecule has 7 nitrogen and oxygen atoms in total. The summed E-state index contributed by atoms with van der Waals surface area (Å²) in [5.74, 6) is 0.424. The van der Waals surface area contributed by atoms with Crippen LogP contribution in [0.2, 0.25) is 0 Å². The van der Waals surface area contributed by atoms with Crippen LogP contribution in [0.1, 0.15) is 46.0 Å². The monoisotopic (exact) mass is 410 g/mol. The lowest BCUT2D eigenvalue weighted by molar-refractivity contribution is -0.126. The van der Waals surface area contributed by atoms with Crippen LogP contribution >= 0.6 is 11.7 Å². The van der Waals surface area contributed by atoms with Crippen molar-refractivity contribution in [3.63, 3.8) is 0 Å². The van der Waals surface area contributed by atoms with E-state index in [1.54, 1.807) is 18.2 Å². The molecule has 0 bridgehead atoms. The van der Waals surface area contributed by atoms with Crippen molar-refractivity contribution in [3.05, 3.63) is 18.2 Å². The number of carbonyl (C=O) groups is 1. The van der Waals surface area contributed by atoms with E-state index >= 15 is 0 Å². The summed E-state index contributed by atoms with van der Waals surface area (Å²) in [4.78, 5) is 12.4. The zero-order valence-corrected chi connectivity index (χ0v) is 17.3. The van der Waals surface area contributed by atoms with Gasteiger partial charge in [0.05, 0.1) is 11.7 Å². The Balaban J connectivity index is 1.54. The highest BCUT2D eigenvalue weighted by atomic mass is 32.2. The molecule has 1 aromatic carbocycles. The summed E-state index contributed by atoms with van der Waals surface area (Å²) < 4.78 is 36.3. The van der Waals surface area contributed by atoms with Crippen LogP contribution in [0.5, 0.6) is 0 Å². The minimum Gasteiger partial charge on any atom is -0.353 e. The molecule has 0 saturated heterocycles. The van der Waals surface area contributed by atoms with Gasteiger partial charge in [-0.2, -0.15) is 8.75 Å². The molecule has 148 valence electrons. The molecule has 2 aromatic rings. The number of hydrogen-bond acceptors (Lipinski definition) is 6. The van der Waals surface area contributed by atoms with E-state index in [-0.39, 0.29) is 28.7 Å². The van der Waals surface area contributed by atoms with E-state index < -0.39 is 10.0 Å². The Kier molecular flexibility index (Phi) is 6.44. The standard InChI is InChI=1S/C18H26N4O3S2/c1-3-12(2)20-18(23)14-9-7-13(8-10-14)11-19-27(24,25)16-6-4-5-15-17(16)22-26-21-15/h4-6,12-14,19H,3,7-11H2,1-2H3,(H,20,23)/t12-,13?,14?/m0/s1. The van der Waals surface area contributed by atoms with Gasteiger partial charge < -0.3 is 5.32 Å². The van der Waals surface area contributed by atoms with Gasteiger partial charge in [0.2, 0.25) is 15.9 Å². The number of nitrogens with zero attached hydrogens (tertiary/aromatic N) is 2. The van der Waals surface area contributed by atoms with Gasteiger partial charge in [-0.25, -0.2) is 13.1 Å². The number of sulfonamides is 1. The number of carbonyl (C=O) groups excluding carboxylic acids is 1. The van der Waals surface area contributed by atoms with E-state index in [1.165, 1.54) is 0 Å². The maximum atomic E-state index is 12.7. The zero-order chi connectivity index (χ0) is 19.4. The molecule has 1 amide bonds. The van der Waals surface area contributed by atoms with Gasteiger partial charge >= 0.3 is 0 Å². The van der Waals surface area contributed by atoms with Gasteiger partial charge in [0, 0.05) is 18.5 Å². The van der Waals surface area contributed by atoms with Crippen molar-refractivity contribution in [2.75, 3.05) is 6.54 Å². The fraction of sp³-hybridized carbons (Fsp3) is 0.611. The first kappa shape index (κ1) is 20.2. The normalized spacial score (nSPS) is 21.9. The average molecular weight is 411 g/mol. The van der Waals surface area contributed by atoms with Crippen LogP contribution in [0, 0.1) is 11.8 Å². The first-order chi connectivity index (χ1) is 12.9. The van der Waals surface area contributed by atoms with Gasteiger partial charge in [-0.3, -0.25) is 4.79 Å². The highest BCUT2D eigenvalue weighted by Crippen LogP contribution is 2.29. The largest absolute Gasteiger partial charge is 0.353 e. The number of rotatable bonds is 7. The topological polar surface area (TPSA) is 101 Å². The molecule has 1 fully saturated rings. The number of benzene rings is 1. The molecular formula is C18H26N4O3S2. The fourth-order valence-electron chi connectivity index (χ4n) is 3.40.